The van der Waals surface area contributed by atoms with Crippen LogP contribution in [0.5, 0.6) is 0 Å². The number of nitrogens with zero attached hydrogens (tertiary/aromatic N) is 3. The number of hydrogen-bond acceptors (Lipinski definition) is 5. The Labute approximate surface area is 221 Å². The van der Waals surface area contributed by atoms with Crippen molar-refractivity contribution in [3.8, 4) is 0 Å². The topological polar surface area (TPSA) is 45.3 Å². The number of carbonyl (C=O) groups excluding carboxylic acids is 1. The summed E-state index contributed by atoms with van der Waals surface area (Å²) in [5.41, 5.74) is 3.39. The normalized spacial score (nSPS) is 22.4. The van der Waals surface area contributed by atoms with Gasteiger partial charge in [-0.1, -0.05) is 62.8 Å². The molecular formula is C31H41N3O3. The first-order chi connectivity index (χ1) is 17.9. The summed E-state index contributed by atoms with van der Waals surface area (Å²) in [5.74, 6) is 1.89. The first-order valence-corrected chi connectivity index (χ1v) is 13.9. The summed E-state index contributed by atoms with van der Waals surface area (Å²) in [6.45, 7) is 10.8. The highest BCUT2D eigenvalue weighted by Crippen LogP contribution is 2.36. The van der Waals surface area contributed by atoms with Crippen molar-refractivity contribution in [3.63, 3.8) is 0 Å². The van der Waals surface area contributed by atoms with Crippen LogP contribution < -0.4 is 4.90 Å². The van der Waals surface area contributed by atoms with Crippen LogP contribution in [-0.2, 0) is 20.7 Å². The second kappa shape index (κ2) is 11.2. The van der Waals surface area contributed by atoms with E-state index >= 15 is 0 Å². The Bertz CT molecular complexity index is 1110. The van der Waals surface area contributed by atoms with Gasteiger partial charge in [0, 0.05) is 56.3 Å². The molecule has 6 heteroatoms. The van der Waals surface area contributed by atoms with Crippen molar-refractivity contribution in [2.75, 3.05) is 37.6 Å². The zero-order valence-electron chi connectivity index (χ0n) is 22.6. The second-order valence-electron chi connectivity index (χ2n) is 11.3. The van der Waals surface area contributed by atoms with E-state index in [2.05, 4.69) is 78.0 Å². The van der Waals surface area contributed by atoms with Crippen molar-refractivity contribution >= 4 is 11.6 Å². The summed E-state index contributed by atoms with van der Waals surface area (Å²) in [6, 6.07) is 8.64. The molecule has 1 unspecified atom stereocenters. The van der Waals surface area contributed by atoms with Gasteiger partial charge in [0.2, 0.25) is 11.8 Å². The molecule has 1 saturated heterocycles. The van der Waals surface area contributed by atoms with Crippen LogP contribution in [0.25, 0.3) is 0 Å². The van der Waals surface area contributed by atoms with E-state index in [-0.39, 0.29) is 17.4 Å². The van der Waals surface area contributed by atoms with Crippen LogP contribution in [0.1, 0.15) is 58.4 Å². The van der Waals surface area contributed by atoms with Gasteiger partial charge in [0.15, 0.2) is 6.26 Å². The lowest BCUT2D eigenvalue weighted by Crippen LogP contribution is -2.56. The highest BCUT2D eigenvalue weighted by molar-refractivity contribution is 5.98. The minimum atomic E-state index is -0.372. The van der Waals surface area contributed by atoms with Gasteiger partial charge in [-0.25, -0.2) is 0 Å². The second-order valence-corrected chi connectivity index (χ2v) is 11.3. The van der Waals surface area contributed by atoms with Gasteiger partial charge in [0.1, 0.15) is 12.0 Å². The molecule has 5 rings (SSSR count). The third-order valence-electron chi connectivity index (χ3n) is 8.32. The summed E-state index contributed by atoms with van der Waals surface area (Å²) in [7, 11) is 0. The SMILES string of the molecule is CCC(C)(C)C(=O)N1c2ccccc2CCC1CN1CCN(C2=COC(CC3=CC=CCC3)=CO2)CC1. The Morgan fingerprint density at radius 1 is 1.05 bits per heavy atom. The van der Waals surface area contributed by atoms with Crippen LogP contribution in [0.15, 0.2) is 72.2 Å². The Balaban J connectivity index is 1.17. The number of aryl methyl sites for hydroxylation is 1. The van der Waals surface area contributed by atoms with Crippen molar-refractivity contribution in [2.24, 2.45) is 5.41 Å². The number of allylic oxidation sites excluding steroid dienone is 4. The zero-order valence-corrected chi connectivity index (χ0v) is 22.6. The number of anilines is 1. The first kappa shape index (κ1) is 25.7. The van der Waals surface area contributed by atoms with Crippen LogP contribution >= 0.6 is 0 Å². The maximum absolute atomic E-state index is 13.7. The fraction of sp³-hybridized carbons (Fsp3) is 0.516. The van der Waals surface area contributed by atoms with E-state index in [4.69, 9.17) is 9.47 Å². The molecule has 198 valence electrons. The minimum absolute atomic E-state index is 0.197. The minimum Gasteiger partial charge on any atom is -0.460 e. The molecule has 1 amide bonds. The number of fused-ring (bicyclic) bond motifs is 1. The van der Waals surface area contributed by atoms with Gasteiger partial charge in [-0.15, -0.1) is 0 Å². The molecule has 0 aromatic heterocycles. The van der Waals surface area contributed by atoms with Crippen molar-refractivity contribution in [1.82, 2.24) is 9.80 Å². The van der Waals surface area contributed by atoms with Gasteiger partial charge in [-0.3, -0.25) is 9.69 Å². The maximum atomic E-state index is 13.7. The molecule has 1 aromatic carbocycles. The molecule has 0 saturated carbocycles. The number of rotatable bonds is 7. The number of hydrogen-bond donors (Lipinski definition) is 0. The number of ether oxygens (including phenoxy) is 2. The molecule has 1 atom stereocenters. The molecule has 0 bridgehead atoms. The fourth-order valence-corrected chi connectivity index (χ4v) is 5.54. The summed E-state index contributed by atoms with van der Waals surface area (Å²) in [4.78, 5) is 20.6. The first-order valence-electron chi connectivity index (χ1n) is 13.9. The van der Waals surface area contributed by atoms with E-state index in [1.807, 2.05) is 0 Å². The number of amides is 1. The molecule has 0 spiro atoms. The van der Waals surface area contributed by atoms with Crippen LogP contribution in [-0.4, -0.2) is 54.5 Å². The molecule has 4 aliphatic rings. The Hall–Kier alpha value is -2.99. The van der Waals surface area contributed by atoms with Crippen LogP contribution in [0.2, 0.25) is 0 Å². The summed E-state index contributed by atoms with van der Waals surface area (Å²) in [5, 5.41) is 0. The largest absolute Gasteiger partial charge is 0.460 e. The smallest absolute Gasteiger partial charge is 0.232 e. The van der Waals surface area contributed by atoms with Crippen LogP contribution in [0.4, 0.5) is 5.69 Å². The van der Waals surface area contributed by atoms with Gasteiger partial charge in [-0.05, 0) is 43.7 Å². The molecule has 3 aliphatic heterocycles. The predicted octanol–water partition coefficient (Wildman–Crippen LogP) is 5.74. The quantitative estimate of drug-likeness (QED) is 0.475. The maximum Gasteiger partial charge on any atom is 0.232 e. The predicted molar refractivity (Wildman–Crippen MR) is 148 cm³/mol. The third kappa shape index (κ3) is 5.80. The highest BCUT2D eigenvalue weighted by Gasteiger charge is 2.39. The van der Waals surface area contributed by atoms with Gasteiger partial charge >= 0.3 is 0 Å². The summed E-state index contributed by atoms with van der Waals surface area (Å²) >= 11 is 0. The molecule has 0 N–H and O–H groups in total. The fourth-order valence-electron chi connectivity index (χ4n) is 5.54. The van der Waals surface area contributed by atoms with Crippen molar-refractivity contribution < 1.29 is 14.3 Å². The lowest BCUT2D eigenvalue weighted by atomic mass is 9.85. The monoisotopic (exact) mass is 503 g/mol. The zero-order chi connectivity index (χ0) is 25.8. The molecule has 6 nitrogen and oxygen atoms in total. The van der Waals surface area contributed by atoms with Crippen molar-refractivity contribution in [2.45, 2.75) is 65.3 Å². The van der Waals surface area contributed by atoms with E-state index < -0.39 is 0 Å². The van der Waals surface area contributed by atoms with Crippen LogP contribution in [0, 0.1) is 5.41 Å². The van der Waals surface area contributed by atoms with Crippen molar-refractivity contribution in [3.05, 3.63) is 77.8 Å². The lowest BCUT2D eigenvalue weighted by molar-refractivity contribution is -0.127. The van der Waals surface area contributed by atoms with E-state index in [1.165, 1.54) is 11.1 Å². The van der Waals surface area contributed by atoms with E-state index in [9.17, 15) is 4.79 Å². The highest BCUT2D eigenvalue weighted by atomic mass is 16.6. The van der Waals surface area contributed by atoms with Gasteiger partial charge in [0.25, 0.3) is 0 Å². The molecular weight excluding hydrogens is 462 g/mol. The van der Waals surface area contributed by atoms with Gasteiger partial charge < -0.3 is 19.3 Å². The Morgan fingerprint density at radius 2 is 1.86 bits per heavy atom. The number of benzene rings is 1. The van der Waals surface area contributed by atoms with Gasteiger partial charge in [0.05, 0.1) is 0 Å². The molecule has 0 radical (unpaired) electrons. The Morgan fingerprint density at radius 3 is 2.57 bits per heavy atom. The molecule has 1 fully saturated rings. The molecule has 1 aromatic rings. The molecule has 37 heavy (non-hydrogen) atoms. The van der Waals surface area contributed by atoms with E-state index in [0.29, 0.717) is 0 Å². The standard InChI is InChI=1S/C31H41N3O3/c1-4-31(2,3)30(35)34-26(15-14-25-12-8-9-13-28(25)34)21-32-16-18-33(19-17-32)29-23-36-27(22-37-29)20-24-10-6-5-7-11-24/h5-6,8-10,12-13,22-23,26H,4,7,11,14-21H2,1-3H3. The number of piperazine rings is 1. The third-order valence-corrected chi connectivity index (χ3v) is 8.32. The van der Waals surface area contributed by atoms with E-state index in [1.54, 1.807) is 12.5 Å². The van der Waals surface area contributed by atoms with E-state index in [0.717, 1.165) is 88.6 Å². The number of carbonyl (C=O) groups is 1. The molecule has 1 aliphatic carbocycles. The lowest BCUT2D eigenvalue weighted by Gasteiger charge is -2.44. The number of para-hydroxylation sites is 1. The average Bonchev–Trinajstić information content (AvgIpc) is 2.94. The summed E-state index contributed by atoms with van der Waals surface area (Å²) in [6.07, 6.45) is 15.9. The Kier molecular flexibility index (Phi) is 7.75. The van der Waals surface area contributed by atoms with Gasteiger partial charge in [-0.2, -0.15) is 0 Å². The summed E-state index contributed by atoms with van der Waals surface area (Å²) < 4.78 is 11.9. The van der Waals surface area contributed by atoms with Crippen LogP contribution in [0.3, 0.4) is 0 Å². The van der Waals surface area contributed by atoms with Crippen molar-refractivity contribution in [1.29, 1.82) is 0 Å². The molecule has 3 heterocycles. The average molecular weight is 504 g/mol.